The van der Waals surface area contributed by atoms with Crippen LogP contribution >= 0.6 is 11.1 Å². The molecule has 0 fully saturated rings. The molecule has 30 heavy (non-hydrogen) atoms. The Balaban J connectivity index is 0.00000107. The van der Waals surface area contributed by atoms with Gasteiger partial charge in [0.05, 0.1) is 0 Å². The molecule has 0 aromatic heterocycles. The van der Waals surface area contributed by atoms with Gasteiger partial charge in [-0.2, -0.15) is 11.1 Å². The second kappa shape index (κ2) is 8.95. The summed E-state index contributed by atoms with van der Waals surface area (Å²) in [4.78, 5) is 0. The molecule has 2 unspecified atom stereocenters. The Morgan fingerprint density at radius 2 is 1.67 bits per heavy atom. The number of hydrogen-bond donors (Lipinski definition) is 0. The minimum absolute atomic E-state index is 0. The molecule has 2 aliphatic rings. The molecular weight excluding hydrogens is 526 g/mol. The Hall–Kier alpha value is -0.240. The summed E-state index contributed by atoms with van der Waals surface area (Å²) in [6, 6.07) is 14.8. The molecule has 0 bridgehead atoms. The van der Waals surface area contributed by atoms with Gasteiger partial charge >= 0.3 is 26.2 Å². The van der Waals surface area contributed by atoms with Crippen LogP contribution in [0.25, 0.3) is 27.1 Å². The van der Waals surface area contributed by atoms with Gasteiger partial charge in [0.1, 0.15) is 0 Å². The van der Waals surface area contributed by atoms with Crippen LogP contribution < -0.4 is 35.2 Å². The fourth-order valence-electron chi connectivity index (χ4n) is 5.42. The molecule has 5 rings (SSSR count). The molecule has 1 aliphatic heterocycles. The van der Waals surface area contributed by atoms with Crippen LogP contribution in [-0.2, 0) is 26.2 Å². The molecule has 5 heteroatoms. The maximum absolute atomic E-state index is 7.40. The van der Waals surface area contributed by atoms with E-state index in [1.54, 1.807) is 0 Å². The van der Waals surface area contributed by atoms with Gasteiger partial charge in [0.2, 0.25) is 0 Å². The first-order valence-corrected chi connectivity index (χ1v) is 13.4. The van der Waals surface area contributed by atoms with Crippen molar-refractivity contribution in [2.24, 2.45) is 5.92 Å². The summed E-state index contributed by atoms with van der Waals surface area (Å²) < 4.78 is 0. The van der Waals surface area contributed by atoms with Crippen molar-refractivity contribution in [3.8, 4) is 0 Å². The van der Waals surface area contributed by atoms with Gasteiger partial charge in [-0.1, -0.05) is 60.5 Å². The summed E-state index contributed by atoms with van der Waals surface area (Å²) in [5.41, 5.74) is 7.44. The van der Waals surface area contributed by atoms with Gasteiger partial charge in [-0.15, -0.1) is 33.7 Å². The van der Waals surface area contributed by atoms with Gasteiger partial charge in [0, 0.05) is 5.92 Å². The zero-order valence-corrected chi connectivity index (χ0v) is 23.8. The van der Waals surface area contributed by atoms with Gasteiger partial charge in [0.25, 0.3) is 0 Å². The van der Waals surface area contributed by atoms with Crippen LogP contribution in [0.3, 0.4) is 0 Å². The molecule has 0 nitrogen and oxygen atoms in total. The molecule has 0 spiro atoms. The maximum Gasteiger partial charge on any atom is 3.00 e. The third-order valence-corrected chi connectivity index (χ3v) is 12.4. The molecule has 1 radical (unpaired) electrons. The summed E-state index contributed by atoms with van der Waals surface area (Å²) >= 11 is 7.40. The Morgan fingerprint density at radius 1 is 1.00 bits per heavy atom. The summed E-state index contributed by atoms with van der Waals surface area (Å²) in [5.74, 6) is 0.491. The maximum atomic E-state index is 7.40. The van der Waals surface area contributed by atoms with Crippen LogP contribution in [0.4, 0.5) is 0 Å². The standard InChI is InChI=1S/C25H26ClSi.2ClH.Zr/c1-6-11-27(26)24-21-12-18-9-7-8-10-19(18)20(21)13-22(25(24)27)23-16(4)14(2)15(3)17(23)5;;;/h7-10,12-13,16H,6,11H2,1-5H3;2*1H;/q-1;;;+3/p-2. The first-order valence-electron chi connectivity index (χ1n) is 10.1. The van der Waals surface area contributed by atoms with Crippen molar-refractivity contribution in [3.05, 3.63) is 58.7 Å². The molecule has 0 amide bonds. The number of halogens is 3. The van der Waals surface area contributed by atoms with Crippen molar-refractivity contribution in [2.45, 2.75) is 47.1 Å². The van der Waals surface area contributed by atoms with Crippen molar-refractivity contribution >= 4 is 56.0 Å². The van der Waals surface area contributed by atoms with E-state index in [9.17, 15) is 0 Å². The normalized spacial score (nSPS) is 22.0. The number of rotatable bonds is 3. The predicted molar refractivity (Wildman–Crippen MR) is 123 cm³/mol. The second-order valence-corrected chi connectivity index (χ2v) is 13.5. The van der Waals surface area contributed by atoms with E-state index in [1.165, 1.54) is 59.8 Å². The summed E-state index contributed by atoms with van der Waals surface area (Å²) in [7, 11) is -1.97. The molecule has 0 N–H and O–H groups in total. The zero-order valence-electron chi connectivity index (χ0n) is 18.1. The van der Waals surface area contributed by atoms with Gasteiger partial charge in [0.15, 0.2) is 7.38 Å². The van der Waals surface area contributed by atoms with E-state index >= 15 is 0 Å². The number of benzene rings is 2. The van der Waals surface area contributed by atoms with E-state index in [4.69, 9.17) is 11.1 Å². The molecule has 1 heterocycles. The van der Waals surface area contributed by atoms with Crippen molar-refractivity contribution in [2.75, 3.05) is 0 Å². The Bertz CT molecular complexity index is 1200. The van der Waals surface area contributed by atoms with E-state index in [0.29, 0.717) is 5.92 Å². The fourth-order valence-corrected chi connectivity index (χ4v) is 11.0. The molecule has 3 aromatic rings. The molecule has 0 saturated heterocycles. The third kappa shape index (κ3) is 3.37. The van der Waals surface area contributed by atoms with E-state index in [0.717, 1.165) is 12.5 Å². The van der Waals surface area contributed by atoms with Crippen LogP contribution in [-0.4, -0.2) is 7.38 Å². The SMILES string of the molecule is CCC[Si]1(Cl)c2c(C3=C(C)C(C)=C(C)C3C)cc3c([cH-]c4ccccc43)c21.[Cl-].[Cl-].[Zr+3]. The number of hydrogen-bond acceptors (Lipinski definition) is 0. The predicted octanol–water partition coefficient (Wildman–Crippen LogP) is 0.499. The summed E-state index contributed by atoms with van der Waals surface area (Å²) in [6.45, 7) is 11.5. The molecule has 1 aliphatic carbocycles. The monoisotopic (exact) mass is 549 g/mol. The minimum Gasteiger partial charge on any atom is -1.00 e. The van der Waals surface area contributed by atoms with Gasteiger partial charge < -0.3 is 24.8 Å². The van der Waals surface area contributed by atoms with E-state index in [2.05, 4.69) is 71.0 Å². The number of fused-ring (bicyclic) bond motifs is 5. The second-order valence-electron chi connectivity index (χ2n) is 8.49. The number of allylic oxidation sites excluding steroid dienone is 4. The van der Waals surface area contributed by atoms with E-state index in [-0.39, 0.29) is 51.0 Å². The Labute approximate surface area is 217 Å². The fraction of sp³-hybridized carbons (Fsp3) is 0.320. The van der Waals surface area contributed by atoms with Crippen molar-refractivity contribution in [1.82, 2.24) is 0 Å². The van der Waals surface area contributed by atoms with E-state index in [1.807, 2.05) is 0 Å². The van der Waals surface area contributed by atoms with Crippen molar-refractivity contribution in [1.29, 1.82) is 0 Å². The average Bonchev–Trinajstić information content (AvgIpc) is 3.01. The zero-order chi connectivity index (χ0) is 19.1. The van der Waals surface area contributed by atoms with Crippen LogP contribution in [0, 0.1) is 5.92 Å². The first kappa shape index (κ1) is 26.0. The molecule has 0 saturated carbocycles. The smallest absolute Gasteiger partial charge is 1.00 e. The molecule has 2 atom stereocenters. The van der Waals surface area contributed by atoms with Crippen molar-refractivity contribution < 1.29 is 51.0 Å². The largest absolute Gasteiger partial charge is 3.00 e. The van der Waals surface area contributed by atoms with Gasteiger partial charge in [-0.25, -0.2) is 0 Å². The van der Waals surface area contributed by atoms with Crippen molar-refractivity contribution in [3.63, 3.8) is 0 Å². The van der Waals surface area contributed by atoms with Crippen LogP contribution in [0.5, 0.6) is 0 Å². The van der Waals surface area contributed by atoms with Crippen LogP contribution in [0.1, 0.15) is 46.6 Å². The minimum atomic E-state index is -1.97. The summed E-state index contributed by atoms with van der Waals surface area (Å²) in [5, 5.41) is 8.62. The van der Waals surface area contributed by atoms with Crippen LogP contribution in [0.15, 0.2) is 53.1 Å². The quantitative estimate of drug-likeness (QED) is 0.253. The van der Waals surface area contributed by atoms with E-state index < -0.39 is 7.38 Å². The third-order valence-electron chi connectivity index (χ3n) is 7.17. The summed E-state index contributed by atoms with van der Waals surface area (Å²) in [6.07, 6.45) is 1.16. The molecule has 155 valence electrons. The van der Waals surface area contributed by atoms with Gasteiger partial charge in [-0.3, -0.25) is 0 Å². The van der Waals surface area contributed by atoms with Crippen LogP contribution in [0.2, 0.25) is 6.04 Å². The average molecular weight is 552 g/mol. The Kier molecular flexibility index (Phi) is 7.76. The first-order chi connectivity index (χ1) is 12.9. The van der Waals surface area contributed by atoms with Gasteiger partial charge in [-0.05, 0) is 49.1 Å². The molecular formula is C25H26Cl3SiZr. The topological polar surface area (TPSA) is 0 Å². The Morgan fingerprint density at radius 3 is 2.27 bits per heavy atom. The molecule has 3 aromatic carbocycles.